The molecule has 1 aliphatic heterocycles. The van der Waals surface area contributed by atoms with Gasteiger partial charge in [0.1, 0.15) is 0 Å². The Balaban J connectivity index is 1.61. The Morgan fingerprint density at radius 3 is 2.19 bits per heavy atom. The van der Waals surface area contributed by atoms with Crippen molar-refractivity contribution in [3.63, 3.8) is 0 Å². The molecular weight excluding hydrogens is 320 g/mol. The number of anilines is 1. The normalized spacial score (nSPS) is 16.2. The third kappa shape index (κ3) is 3.02. The third-order valence-corrected chi connectivity index (χ3v) is 4.97. The first-order chi connectivity index (χ1) is 12.8. The van der Waals surface area contributed by atoms with Crippen LogP contribution in [-0.4, -0.2) is 24.5 Å². The molecule has 0 N–H and O–H groups in total. The maximum atomic E-state index is 13.3. The lowest BCUT2D eigenvalue weighted by atomic mass is 9.93. The lowest BCUT2D eigenvalue weighted by Crippen LogP contribution is -2.44. The zero-order valence-electron chi connectivity index (χ0n) is 14.9. The maximum absolute atomic E-state index is 13.3. The van der Waals surface area contributed by atoms with Gasteiger partial charge in [0.05, 0.1) is 11.6 Å². The highest BCUT2D eigenvalue weighted by Crippen LogP contribution is 2.41. The van der Waals surface area contributed by atoms with Crippen LogP contribution in [0.5, 0.6) is 0 Å². The van der Waals surface area contributed by atoms with Gasteiger partial charge in [0.25, 0.3) is 5.91 Å². The van der Waals surface area contributed by atoms with Crippen molar-refractivity contribution in [2.45, 2.75) is 12.3 Å². The summed E-state index contributed by atoms with van der Waals surface area (Å²) < 4.78 is 0. The van der Waals surface area contributed by atoms with Crippen LogP contribution in [0.4, 0.5) is 5.69 Å². The Bertz CT molecular complexity index is 892. The molecule has 130 valence electrons. The Labute approximate surface area is 154 Å². The van der Waals surface area contributed by atoms with Crippen molar-refractivity contribution in [3.8, 4) is 0 Å². The van der Waals surface area contributed by atoms with Crippen LogP contribution in [0.1, 0.15) is 22.6 Å². The van der Waals surface area contributed by atoms with E-state index in [1.165, 1.54) is 5.56 Å². The summed E-state index contributed by atoms with van der Waals surface area (Å²) in [6.45, 7) is 0.783. The van der Waals surface area contributed by atoms with Crippen molar-refractivity contribution in [1.29, 1.82) is 0 Å². The molecule has 0 bridgehead atoms. The van der Waals surface area contributed by atoms with Crippen molar-refractivity contribution in [3.05, 3.63) is 102 Å². The first kappa shape index (κ1) is 16.6. The number of para-hydroxylation sites is 1. The fourth-order valence-corrected chi connectivity index (χ4v) is 3.65. The molecule has 1 atom stereocenters. The number of hydrazine groups is 1. The van der Waals surface area contributed by atoms with Crippen molar-refractivity contribution >= 4 is 11.6 Å². The third-order valence-electron chi connectivity index (χ3n) is 4.97. The summed E-state index contributed by atoms with van der Waals surface area (Å²) in [5.74, 6) is -0.112. The van der Waals surface area contributed by atoms with E-state index in [4.69, 9.17) is 0 Å². The Hall–Kier alpha value is -2.91. The van der Waals surface area contributed by atoms with Gasteiger partial charge < -0.3 is 0 Å². The van der Waals surface area contributed by atoms with Crippen LogP contribution in [0, 0.1) is 0 Å². The van der Waals surface area contributed by atoms with Gasteiger partial charge in [0.15, 0.2) is 0 Å². The number of hydrogen-bond donors (Lipinski definition) is 0. The van der Waals surface area contributed by atoms with E-state index in [1.807, 2.05) is 71.7 Å². The van der Waals surface area contributed by atoms with E-state index in [1.54, 1.807) is 0 Å². The molecule has 0 spiro atoms. The second-order valence-electron chi connectivity index (χ2n) is 6.67. The number of carbonyl (C=O) groups is 1. The molecule has 3 aromatic rings. The molecule has 0 aliphatic carbocycles. The number of nitrogens with zero attached hydrogens (tertiary/aromatic N) is 2. The van der Waals surface area contributed by atoms with Crippen LogP contribution in [0.2, 0.25) is 0 Å². The van der Waals surface area contributed by atoms with Gasteiger partial charge >= 0.3 is 0 Å². The number of likely N-dealkylation sites (N-methyl/N-ethyl adjacent to an activating group) is 1. The Morgan fingerprint density at radius 1 is 0.846 bits per heavy atom. The zero-order valence-corrected chi connectivity index (χ0v) is 14.9. The monoisotopic (exact) mass is 342 g/mol. The summed E-state index contributed by atoms with van der Waals surface area (Å²) in [4.78, 5) is 13.3. The number of rotatable bonds is 5. The van der Waals surface area contributed by atoms with Crippen molar-refractivity contribution in [1.82, 2.24) is 5.01 Å². The molecule has 0 saturated heterocycles. The number of fused-ring (bicyclic) bond motifs is 1. The molecule has 3 heteroatoms. The van der Waals surface area contributed by atoms with Gasteiger partial charge in [0.2, 0.25) is 0 Å². The van der Waals surface area contributed by atoms with Crippen LogP contribution < -0.4 is 5.01 Å². The molecule has 26 heavy (non-hydrogen) atoms. The van der Waals surface area contributed by atoms with E-state index in [0.717, 1.165) is 29.8 Å². The number of amides is 1. The molecule has 0 unspecified atom stereocenters. The summed E-state index contributed by atoms with van der Waals surface area (Å²) in [5.41, 5.74) is 4.39. The highest BCUT2D eigenvalue weighted by Gasteiger charge is 2.39. The molecule has 0 radical (unpaired) electrons. The fourth-order valence-electron chi connectivity index (χ4n) is 3.65. The van der Waals surface area contributed by atoms with E-state index >= 15 is 0 Å². The van der Waals surface area contributed by atoms with E-state index in [-0.39, 0.29) is 11.8 Å². The lowest BCUT2D eigenvalue weighted by Gasteiger charge is -2.29. The molecule has 3 aromatic carbocycles. The highest BCUT2D eigenvalue weighted by molar-refractivity contribution is 6.06. The average molecular weight is 342 g/mol. The zero-order chi connectivity index (χ0) is 17.9. The minimum Gasteiger partial charge on any atom is -0.272 e. The molecule has 0 fully saturated rings. The van der Waals surface area contributed by atoms with Crippen LogP contribution in [0.3, 0.4) is 0 Å². The largest absolute Gasteiger partial charge is 0.272 e. The molecular formula is C23H22N2O. The summed E-state index contributed by atoms with van der Waals surface area (Å²) in [5, 5.41) is 3.88. The molecule has 1 heterocycles. The van der Waals surface area contributed by atoms with Crippen molar-refractivity contribution < 1.29 is 4.79 Å². The topological polar surface area (TPSA) is 23.6 Å². The van der Waals surface area contributed by atoms with E-state index in [0.29, 0.717) is 0 Å². The summed E-state index contributed by atoms with van der Waals surface area (Å²) in [7, 11) is 1.99. The number of hydrogen-bond acceptors (Lipinski definition) is 2. The van der Waals surface area contributed by atoms with Crippen LogP contribution in [0.25, 0.3) is 0 Å². The van der Waals surface area contributed by atoms with Gasteiger partial charge in [0, 0.05) is 13.6 Å². The number of benzene rings is 3. The minimum atomic E-state index is -0.230. The Kier molecular flexibility index (Phi) is 4.55. The maximum Gasteiger partial charge on any atom is 0.253 e. The molecule has 1 amide bonds. The van der Waals surface area contributed by atoms with Gasteiger partial charge in [-0.15, -0.1) is 0 Å². The van der Waals surface area contributed by atoms with Gasteiger partial charge in [-0.25, -0.2) is 10.0 Å². The predicted molar refractivity (Wildman–Crippen MR) is 105 cm³/mol. The van der Waals surface area contributed by atoms with Crippen molar-refractivity contribution in [2.75, 3.05) is 18.6 Å². The average Bonchev–Trinajstić information content (AvgIpc) is 2.99. The summed E-state index contributed by atoms with van der Waals surface area (Å²) in [6.07, 6.45) is 0.902. The van der Waals surface area contributed by atoms with Gasteiger partial charge in [-0.3, -0.25) is 4.79 Å². The fraction of sp³-hybridized carbons (Fsp3) is 0.174. The van der Waals surface area contributed by atoms with Crippen LogP contribution in [-0.2, 0) is 11.2 Å². The van der Waals surface area contributed by atoms with Gasteiger partial charge in [-0.1, -0.05) is 78.9 Å². The van der Waals surface area contributed by atoms with E-state index in [9.17, 15) is 4.79 Å². The van der Waals surface area contributed by atoms with Crippen LogP contribution in [0.15, 0.2) is 84.9 Å². The minimum absolute atomic E-state index is 0.118. The quantitative estimate of drug-likeness (QED) is 0.692. The molecule has 3 nitrogen and oxygen atoms in total. The van der Waals surface area contributed by atoms with E-state index in [2.05, 4.69) is 30.3 Å². The standard InChI is InChI=1S/C23H22N2O/c1-24(17-16-18-10-4-2-5-11-18)25-21-15-9-8-14-20(21)22(23(25)26)19-12-6-3-7-13-19/h2-15,22H,16-17H2,1H3/t22-/m1/s1. The highest BCUT2D eigenvalue weighted by atomic mass is 16.2. The van der Waals surface area contributed by atoms with Gasteiger partial charge in [-0.2, -0.15) is 0 Å². The second kappa shape index (κ2) is 7.14. The predicted octanol–water partition coefficient (Wildman–Crippen LogP) is 4.25. The first-order valence-electron chi connectivity index (χ1n) is 8.98. The lowest BCUT2D eigenvalue weighted by molar-refractivity contribution is -0.121. The van der Waals surface area contributed by atoms with Crippen molar-refractivity contribution in [2.24, 2.45) is 0 Å². The number of carbonyl (C=O) groups excluding carboxylic acids is 1. The van der Waals surface area contributed by atoms with Crippen LogP contribution >= 0.6 is 0 Å². The summed E-state index contributed by atoms with van der Waals surface area (Å²) in [6, 6.07) is 28.5. The smallest absolute Gasteiger partial charge is 0.253 e. The molecule has 0 aromatic heterocycles. The van der Waals surface area contributed by atoms with Gasteiger partial charge in [-0.05, 0) is 29.2 Å². The second-order valence-corrected chi connectivity index (χ2v) is 6.67. The molecule has 4 rings (SSSR count). The van der Waals surface area contributed by atoms with E-state index < -0.39 is 0 Å². The molecule has 1 aliphatic rings. The first-order valence-corrected chi connectivity index (χ1v) is 8.98. The SMILES string of the molecule is CN(CCc1ccccc1)N1C(=O)[C@H](c2ccccc2)c2ccccc21. The summed E-state index contributed by atoms with van der Waals surface area (Å²) >= 11 is 0. The Morgan fingerprint density at radius 2 is 1.46 bits per heavy atom. The molecule has 0 saturated carbocycles.